The second-order valence-corrected chi connectivity index (χ2v) is 6.75. The predicted molar refractivity (Wildman–Crippen MR) is 95.7 cm³/mol. The first-order valence-corrected chi connectivity index (χ1v) is 8.80. The van der Waals surface area contributed by atoms with Crippen molar-refractivity contribution in [2.24, 2.45) is 0 Å². The van der Waals surface area contributed by atoms with E-state index in [1.165, 1.54) is 0 Å². The van der Waals surface area contributed by atoms with E-state index in [0.717, 1.165) is 5.56 Å². The van der Waals surface area contributed by atoms with Crippen LogP contribution in [0.1, 0.15) is 21.5 Å². The molecule has 5 nitrogen and oxygen atoms in total. The average molecular weight is 354 g/mol. The van der Waals surface area contributed by atoms with Gasteiger partial charge in [-0.1, -0.05) is 29.8 Å². The Bertz CT molecular complexity index is 768. The van der Waals surface area contributed by atoms with Gasteiger partial charge in [-0.2, -0.15) is 0 Å². The maximum absolute atomic E-state index is 12.5. The lowest BCUT2D eigenvalue weighted by Crippen LogP contribution is -2.35. The van der Waals surface area contributed by atoms with E-state index >= 15 is 0 Å². The third kappa shape index (κ3) is 3.26. The van der Waals surface area contributed by atoms with E-state index in [0.29, 0.717) is 30.1 Å². The van der Waals surface area contributed by atoms with Crippen molar-refractivity contribution in [2.45, 2.75) is 31.3 Å². The Balaban J connectivity index is 1.42. The number of fused-ring (bicyclic) bond motifs is 1. The standard InChI is InChI=1S/C21H22O5/c1-13-3-5-14(6-4-13)19(22)15-7-9-16(10-8-15)26-18-12-25-20-17(23-2)11-24-21(18)20/h3-10,17-18,20-21H,11-12H2,1-2H3/t17-,18-,20-,21-/m1/s1. The molecule has 4 rings (SSSR count). The molecule has 0 radical (unpaired) electrons. The summed E-state index contributed by atoms with van der Waals surface area (Å²) in [5, 5.41) is 0. The van der Waals surface area contributed by atoms with Crippen LogP contribution in [0.2, 0.25) is 0 Å². The number of methoxy groups -OCH3 is 1. The van der Waals surface area contributed by atoms with Crippen LogP contribution in [0.4, 0.5) is 0 Å². The average Bonchev–Trinajstić information content (AvgIpc) is 3.25. The number of carbonyl (C=O) groups is 1. The molecule has 0 saturated carbocycles. The molecule has 2 aromatic rings. The van der Waals surface area contributed by atoms with Crippen LogP contribution in [0.15, 0.2) is 48.5 Å². The fraction of sp³-hybridized carbons (Fsp3) is 0.381. The third-order valence-corrected chi connectivity index (χ3v) is 4.98. The molecule has 0 aromatic heterocycles. The van der Waals surface area contributed by atoms with Crippen molar-refractivity contribution >= 4 is 5.78 Å². The molecule has 2 heterocycles. The van der Waals surface area contributed by atoms with Gasteiger partial charge in [-0.05, 0) is 31.2 Å². The van der Waals surface area contributed by atoms with E-state index < -0.39 is 0 Å². The number of hydrogen-bond acceptors (Lipinski definition) is 5. The summed E-state index contributed by atoms with van der Waals surface area (Å²) < 4.78 is 22.9. The minimum atomic E-state index is -0.168. The highest BCUT2D eigenvalue weighted by molar-refractivity contribution is 6.09. The number of ether oxygens (including phenoxy) is 4. The van der Waals surface area contributed by atoms with Gasteiger partial charge in [-0.3, -0.25) is 4.79 Å². The van der Waals surface area contributed by atoms with Gasteiger partial charge in [0.05, 0.1) is 13.2 Å². The van der Waals surface area contributed by atoms with E-state index in [9.17, 15) is 4.79 Å². The Morgan fingerprint density at radius 3 is 2.04 bits per heavy atom. The minimum absolute atomic E-state index is 0.00266. The van der Waals surface area contributed by atoms with Crippen molar-refractivity contribution in [3.8, 4) is 5.75 Å². The minimum Gasteiger partial charge on any atom is -0.485 e. The Kier molecular flexibility index (Phi) is 4.76. The van der Waals surface area contributed by atoms with Crippen LogP contribution in [-0.2, 0) is 14.2 Å². The zero-order valence-corrected chi connectivity index (χ0v) is 14.9. The summed E-state index contributed by atoms with van der Waals surface area (Å²) in [6, 6.07) is 14.8. The van der Waals surface area contributed by atoms with Crippen molar-refractivity contribution < 1.29 is 23.7 Å². The molecule has 0 amide bonds. The maximum Gasteiger partial charge on any atom is 0.193 e. The van der Waals surface area contributed by atoms with Gasteiger partial charge in [0.15, 0.2) is 11.9 Å². The lowest BCUT2D eigenvalue weighted by Gasteiger charge is -2.18. The van der Waals surface area contributed by atoms with Gasteiger partial charge in [-0.15, -0.1) is 0 Å². The molecule has 0 spiro atoms. The topological polar surface area (TPSA) is 54.0 Å². The van der Waals surface area contributed by atoms with Crippen LogP contribution in [-0.4, -0.2) is 50.5 Å². The third-order valence-electron chi connectivity index (χ3n) is 4.98. The van der Waals surface area contributed by atoms with Crippen LogP contribution in [0.5, 0.6) is 5.75 Å². The first-order chi connectivity index (χ1) is 12.7. The quantitative estimate of drug-likeness (QED) is 0.773. The molecule has 2 aliphatic rings. The fourth-order valence-corrected chi connectivity index (χ4v) is 3.46. The van der Waals surface area contributed by atoms with Crippen molar-refractivity contribution in [3.63, 3.8) is 0 Å². The number of carbonyl (C=O) groups excluding carboxylic acids is 1. The lowest BCUT2D eigenvalue weighted by molar-refractivity contribution is -0.0138. The zero-order chi connectivity index (χ0) is 18.1. The van der Waals surface area contributed by atoms with Crippen molar-refractivity contribution in [1.82, 2.24) is 0 Å². The molecule has 5 heteroatoms. The van der Waals surface area contributed by atoms with Crippen LogP contribution < -0.4 is 4.74 Å². The predicted octanol–water partition coefficient (Wildman–Crippen LogP) is 2.79. The largest absolute Gasteiger partial charge is 0.485 e. The number of benzene rings is 2. The summed E-state index contributed by atoms with van der Waals surface area (Å²) in [4.78, 5) is 12.5. The van der Waals surface area contributed by atoms with Gasteiger partial charge in [0.25, 0.3) is 0 Å². The van der Waals surface area contributed by atoms with Gasteiger partial charge in [0.1, 0.15) is 24.1 Å². The summed E-state index contributed by atoms with van der Waals surface area (Å²) in [6.07, 6.45) is -0.400. The molecule has 2 aliphatic heterocycles. The molecular formula is C21H22O5. The fourth-order valence-electron chi connectivity index (χ4n) is 3.46. The summed E-state index contributed by atoms with van der Waals surface area (Å²) >= 11 is 0. The second-order valence-electron chi connectivity index (χ2n) is 6.75. The van der Waals surface area contributed by atoms with E-state index in [1.54, 1.807) is 19.2 Å². The van der Waals surface area contributed by atoms with Gasteiger partial charge >= 0.3 is 0 Å². The molecule has 26 heavy (non-hydrogen) atoms. The Hall–Kier alpha value is -2.21. The molecular weight excluding hydrogens is 332 g/mol. The Morgan fingerprint density at radius 2 is 1.42 bits per heavy atom. The molecule has 136 valence electrons. The molecule has 2 saturated heterocycles. The highest BCUT2D eigenvalue weighted by atomic mass is 16.6. The monoisotopic (exact) mass is 354 g/mol. The van der Waals surface area contributed by atoms with E-state index in [1.807, 2.05) is 43.3 Å². The molecule has 0 unspecified atom stereocenters. The molecule has 0 N–H and O–H groups in total. The second kappa shape index (κ2) is 7.19. The summed E-state index contributed by atoms with van der Waals surface area (Å²) in [5.41, 5.74) is 2.45. The molecule has 0 aliphatic carbocycles. The number of aryl methyl sites for hydroxylation is 1. The van der Waals surface area contributed by atoms with E-state index in [-0.39, 0.29) is 30.2 Å². The molecule has 4 atom stereocenters. The van der Waals surface area contributed by atoms with Gasteiger partial charge < -0.3 is 18.9 Å². The van der Waals surface area contributed by atoms with Gasteiger partial charge in [-0.25, -0.2) is 0 Å². The maximum atomic E-state index is 12.5. The first-order valence-electron chi connectivity index (χ1n) is 8.80. The SMILES string of the molecule is CO[C@@H]1CO[C@H]2[C@@H]1OC[C@H]2Oc1ccc(C(=O)c2ccc(C)cc2)cc1. The highest BCUT2D eigenvalue weighted by Crippen LogP contribution is 2.31. The van der Waals surface area contributed by atoms with Gasteiger partial charge in [0.2, 0.25) is 0 Å². The van der Waals surface area contributed by atoms with E-state index in [4.69, 9.17) is 18.9 Å². The van der Waals surface area contributed by atoms with Crippen LogP contribution in [0, 0.1) is 6.92 Å². The molecule has 0 bridgehead atoms. The van der Waals surface area contributed by atoms with Crippen molar-refractivity contribution in [3.05, 3.63) is 65.2 Å². The Labute approximate surface area is 152 Å². The summed E-state index contributed by atoms with van der Waals surface area (Å²) in [6.45, 7) is 3.00. The first kappa shape index (κ1) is 17.2. The molecule has 2 aromatic carbocycles. The highest BCUT2D eigenvalue weighted by Gasteiger charge is 2.49. The van der Waals surface area contributed by atoms with Crippen molar-refractivity contribution in [1.29, 1.82) is 0 Å². The van der Waals surface area contributed by atoms with Gasteiger partial charge in [0, 0.05) is 18.2 Å². The number of ketones is 1. The molecule has 2 fully saturated rings. The van der Waals surface area contributed by atoms with Crippen LogP contribution in [0.25, 0.3) is 0 Å². The number of hydrogen-bond donors (Lipinski definition) is 0. The van der Waals surface area contributed by atoms with Crippen LogP contribution in [0.3, 0.4) is 0 Å². The normalized spacial score (nSPS) is 27.3. The lowest BCUT2D eigenvalue weighted by atomic mass is 10.0. The Morgan fingerprint density at radius 1 is 0.885 bits per heavy atom. The summed E-state index contributed by atoms with van der Waals surface area (Å²) in [7, 11) is 1.66. The smallest absolute Gasteiger partial charge is 0.193 e. The summed E-state index contributed by atoms with van der Waals surface area (Å²) in [5.74, 6) is 0.701. The van der Waals surface area contributed by atoms with E-state index in [2.05, 4.69) is 0 Å². The van der Waals surface area contributed by atoms with Crippen LogP contribution >= 0.6 is 0 Å². The number of rotatable bonds is 5. The van der Waals surface area contributed by atoms with Crippen molar-refractivity contribution in [2.75, 3.05) is 20.3 Å². The zero-order valence-electron chi connectivity index (χ0n) is 14.9.